The molecule has 85 heavy (non-hydrogen) atoms. The number of unbranched alkanes of at least 4 members (excludes halogenated alkanes) is 48. The lowest BCUT2D eigenvalue weighted by molar-refractivity contribution is 0.167. The van der Waals surface area contributed by atoms with Gasteiger partial charge in [0.1, 0.15) is 6.29 Å². The van der Waals surface area contributed by atoms with Gasteiger partial charge in [-0.2, -0.15) is 0 Å². The molecular weight excluding hydrogens is 1080 g/mol. The molecule has 0 saturated heterocycles. The van der Waals surface area contributed by atoms with Crippen molar-refractivity contribution in [2.24, 2.45) is 0 Å². The first kappa shape index (κ1) is 84.4. The number of aliphatic hydroxyl groups excluding tert-OH is 1. The zero-order valence-corrected chi connectivity index (χ0v) is 59.5. The van der Waals surface area contributed by atoms with E-state index in [1.165, 1.54) is 308 Å². The van der Waals surface area contributed by atoms with Crippen LogP contribution in [0, 0.1) is 0 Å². The zero-order chi connectivity index (χ0) is 61.4. The Balaban J connectivity index is 5.33. The highest BCUT2D eigenvalue weighted by atomic mass is 31.2. The molecule has 504 valence electrons. The summed E-state index contributed by atoms with van der Waals surface area (Å²) >= 11 is 0. The second-order valence-corrected chi connectivity index (χ2v) is 28.9. The molecule has 0 radical (unpaired) electrons. The summed E-state index contributed by atoms with van der Waals surface area (Å²) in [5.74, 6) is 0. The molecule has 9 heteroatoms. The van der Waals surface area contributed by atoms with Crippen molar-refractivity contribution in [3.05, 3.63) is 48.6 Å². The standard InChI is InChI=1S/C76H149NO6P2/c1-5-9-13-17-21-25-29-33-37-41-45-49-53-57-61-65-71-80-84(81-72-66-62-58-54-50-46-42-38-34-30-26-22-18-14-10-6-2)75-77(69-70-78)76-85(79,82-73-67-63-59-55-51-47-43-39-35-31-27-23-19-15-11-7-3)83-74-68-64-60-56-52-48-44-40-36-32-28-24-20-16-12-8-4/h33-40,78H,5-32,41-76H2,1-4H3/b37-33-,38-34-,39-35-,40-36-. The van der Waals surface area contributed by atoms with E-state index in [0.717, 1.165) is 51.4 Å². The smallest absolute Gasteiger partial charge is 0.344 e. The second kappa shape index (κ2) is 74.1. The first-order chi connectivity index (χ1) is 42.0. The maximum atomic E-state index is 14.8. The number of allylic oxidation sites excluding steroid dienone is 8. The van der Waals surface area contributed by atoms with Crippen molar-refractivity contribution in [2.75, 3.05) is 52.2 Å². The largest absolute Gasteiger partial charge is 0.395 e. The van der Waals surface area contributed by atoms with Gasteiger partial charge in [-0.1, -0.05) is 307 Å². The van der Waals surface area contributed by atoms with Crippen LogP contribution >= 0.6 is 16.0 Å². The van der Waals surface area contributed by atoms with Crippen molar-refractivity contribution >= 4 is 16.0 Å². The molecule has 1 N–H and O–H groups in total. The van der Waals surface area contributed by atoms with Crippen LogP contribution in [-0.2, 0) is 22.7 Å². The van der Waals surface area contributed by atoms with Crippen molar-refractivity contribution in [2.45, 2.75) is 387 Å². The van der Waals surface area contributed by atoms with Crippen LogP contribution in [-0.4, -0.2) is 62.2 Å². The molecule has 0 heterocycles. The topological polar surface area (TPSA) is 77.5 Å². The van der Waals surface area contributed by atoms with E-state index in [4.69, 9.17) is 18.1 Å². The van der Waals surface area contributed by atoms with Gasteiger partial charge in [-0.05, 0) is 128 Å². The fourth-order valence-corrected chi connectivity index (χ4v) is 14.5. The predicted molar refractivity (Wildman–Crippen MR) is 380 cm³/mol. The number of hydrogen-bond acceptors (Lipinski definition) is 7. The van der Waals surface area contributed by atoms with Gasteiger partial charge >= 0.3 is 7.60 Å². The molecule has 0 atom stereocenters. The van der Waals surface area contributed by atoms with Gasteiger partial charge in [-0.15, -0.1) is 0 Å². The highest BCUT2D eigenvalue weighted by Gasteiger charge is 2.30. The predicted octanol–water partition coefficient (Wildman–Crippen LogP) is 26.9. The van der Waals surface area contributed by atoms with Gasteiger partial charge in [-0.25, -0.2) is 0 Å². The van der Waals surface area contributed by atoms with Gasteiger partial charge in [0.15, 0.2) is 8.38 Å². The van der Waals surface area contributed by atoms with E-state index in [2.05, 4.69) is 81.2 Å². The lowest BCUT2D eigenvalue weighted by Gasteiger charge is -2.29. The summed E-state index contributed by atoms with van der Waals surface area (Å²) in [6, 6.07) is 0. The maximum absolute atomic E-state index is 14.8. The van der Waals surface area contributed by atoms with E-state index >= 15 is 0 Å². The average Bonchev–Trinajstić information content (AvgIpc) is 3.56. The molecule has 0 aliphatic carbocycles. The van der Waals surface area contributed by atoms with Crippen LogP contribution in [0.3, 0.4) is 0 Å². The third-order valence-corrected chi connectivity index (χ3v) is 20.2. The van der Waals surface area contributed by atoms with Crippen molar-refractivity contribution in [1.29, 1.82) is 0 Å². The number of aliphatic hydroxyl groups is 1. The Kier molecular flexibility index (Phi) is 73.6. The fourth-order valence-electron chi connectivity index (χ4n) is 11.1. The van der Waals surface area contributed by atoms with Crippen LogP contribution in [0.2, 0.25) is 0 Å². The Bertz CT molecular complexity index is 1330. The third-order valence-electron chi connectivity index (χ3n) is 16.8. The van der Waals surface area contributed by atoms with Gasteiger partial charge in [0.2, 0.25) is 0 Å². The molecule has 7 nitrogen and oxygen atoms in total. The van der Waals surface area contributed by atoms with Gasteiger partial charge in [0.05, 0.1) is 39.3 Å². The Morgan fingerprint density at radius 1 is 0.306 bits per heavy atom. The monoisotopic (exact) mass is 1230 g/mol. The van der Waals surface area contributed by atoms with E-state index in [-0.39, 0.29) is 12.9 Å². The van der Waals surface area contributed by atoms with Crippen molar-refractivity contribution in [1.82, 2.24) is 4.90 Å². The van der Waals surface area contributed by atoms with Crippen LogP contribution in [0.1, 0.15) is 387 Å². The minimum Gasteiger partial charge on any atom is -0.395 e. The second-order valence-electron chi connectivity index (χ2n) is 25.4. The Morgan fingerprint density at radius 3 is 0.753 bits per heavy atom. The van der Waals surface area contributed by atoms with E-state index in [9.17, 15) is 9.67 Å². The van der Waals surface area contributed by atoms with Gasteiger partial charge in [0.25, 0.3) is 0 Å². The van der Waals surface area contributed by atoms with E-state index in [1.807, 2.05) is 0 Å². The van der Waals surface area contributed by atoms with Crippen molar-refractivity contribution in [3.8, 4) is 0 Å². The summed E-state index contributed by atoms with van der Waals surface area (Å²) in [7, 11) is -4.74. The molecule has 0 unspecified atom stereocenters. The van der Waals surface area contributed by atoms with Crippen LogP contribution < -0.4 is 0 Å². The average molecular weight is 1230 g/mol. The summed E-state index contributed by atoms with van der Waals surface area (Å²) in [5.41, 5.74) is 0. The number of hydrogen-bond donors (Lipinski definition) is 1. The fraction of sp³-hybridized carbons (Fsp3) is 0.895. The Hall–Kier alpha value is -0.620. The minimum atomic E-state index is -3.48. The summed E-state index contributed by atoms with van der Waals surface area (Å²) < 4.78 is 40.7. The maximum Gasteiger partial charge on any atom is 0.344 e. The molecule has 0 fully saturated rings. The summed E-state index contributed by atoms with van der Waals surface area (Å²) in [4.78, 5) is 2.06. The van der Waals surface area contributed by atoms with Crippen LogP contribution in [0.25, 0.3) is 0 Å². The van der Waals surface area contributed by atoms with E-state index in [0.29, 0.717) is 39.3 Å². The van der Waals surface area contributed by atoms with E-state index in [1.54, 1.807) is 0 Å². The SMILES string of the molecule is CCCCCCCC/C=C\CCCCCCCCOP(CN(CCO)CP(=O)(OCCCCCCCC/C=C\CCCCCCCC)OCCCCCCCC/C=C\CCCCCCCC)OCCCCCCCC/C=C\CCCCCCCC. The van der Waals surface area contributed by atoms with Crippen LogP contribution in [0.5, 0.6) is 0 Å². The quantitative estimate of drug-likeness (QED) is 0.0369. The molecule has 0 saturated carbocycles. The number of nitrogens with zero attached hydrogens (tertiary/aromatic N) is 1. The normalized spacial score (nSPS) is 12.5. The van der Waals surface area contributed by atoms with Gasteiger partial charge < -0.3 is 23.2 Å². The summed E-state index contributed by atoms with van der Waals surface area (Å²) in [5, 5.41) is 10.4. The molecule has 0 bridgehead atoms. The lowest BCUT2D eigenvalue weighted by Crippen LogP contribution is -2.30. The highest BCUT2D eigenvalue weighted by Crippen LogP contribution is 2.51. The zero-order valence-electron chi connectivity index (χ0n) is 57.7. The molecule has 0 aliphatic rings. The molecular formula is C76H149NO6P2. The lowest BCUT2D eigenvalue weighted by atomic mass is 10.1. The third kappa shape index (κ3) is 69.1. The van der Waals surface area contributed by atoms with Gasteiger partial charge in [-0.3, -0.25) is 9.46 Å². The van der Waals surface area contributed by atoms with Crippen molar-refractivity contribution in [3.63, 3.8) is 0 Å². The van der Waals surface area contributed by atoms with Crippen LogP contribution in [0.4, 0.5) is 0 Å². The first-order valence-electron chi connectivity index (χ1n) is 37.9. The molecule has 0 spiro atoms. The van der Waals surface area contributed by atoms with Crippen molar-refractivity contribution < 1.29 is 27.8 Å². The molecule has 0 aromatic heterocycles. The minimum absolute atomic E-state index is 0.0309. The molecule has 0 aromatic carbocycles. The molecule has 0 aromatic rings. The Morgan fingerprint density at radius 2 is 0.518 bits per heavy atom. The summed E-state index contributed by atoms with van der Waals surface area (Å²) in [6.45, 7) is 11.7. The van der Waals surface area contributed by atoms with Crippen LogP contribution in [0.15, 0.2) is 48.6 Å². The summed E-state index contributed by atoms with van der Waals surface area (Å²) in [6.07, 6.45) is 90.8. The molecule has 0 amide bonds. The highest BCUT2D eigenvalue weighted by molar-refractivity contribution is 7.53. The number of rotatable bonds is 74. The van der Waals surface area contributed by atoms with E-state index < -0.39 is 16.0 Å². The molecule has 0 aliphatic heterocycles. The first-order valence-corrected chi connectivity index (χ1v) is 41.0. The Labute approximate surface area is 533 Å². The van der Waals surface area contributed by atoms with Gasteiger partial charge in [0, 0.05) is 6.54 Å². The molecule has 0 rings (SSSR count).